The van der Waals surface area contributed by atoms with E-state index >= 15 is 4.39 Å². The Morgan fingerprint density at radius 3 is 2.55 bits per heavy atom. The smallest absolute Gasteiger partial charge is 0.337 e. The highest BCUT2D eigenvalue weighted by Crippen LogP contribution is 2.36. The molecule has 1 aliphatic carbocycles. The Morgan fingerprint density at radius 2 is 1.85 bits per heavy atom. The monoisotopic (exact) mass is 450 g/mol. The van der Waals surface area contributed by atoms with E-state index in [1.807, 2.05) is 24.3 Å². The minimum absolute atomic E-state index is 0.0452. The van der Waals surface area contributed by atoms with Crippen LogP contribution in [0.5, 0.6) is 11.6 Å². The molecule has 1 heterocycles. The van der Waals surface area contributed by atoms with Crippen molar-refractivity contribution in [2.24, 2.45) is 5.92 Å². The number of ether oxygens (including phenoxy) is 1. The molecule has 1 amide bonds. The maximum Gasteiger partial charge on any atom is 0.337 e. The third-order valence-electron chi connectivity index (χ3n) is 6.09. The molecule has 1 aromatic heterocycles. The van der Waals surface area contributed by atoms with Crippen molar-refractivity contribution in [3.05, 3.63) is 60.0 Å². The van der Waals surface area contributed by atoms with E-state index in [4.69, 9.17) is 4.74 Å². The van der Waals surface area contributed by atoms with Crippen molar-refractivity contribution < 1.29 is 23.8 Å². The molecule has 1 N–H and O–H groups in total. The minimum atomic E-state index is -1.26. The molecule has 1 fully saturated rings. The number of nitrogens with zero attached hydrogens (tertiary/aromatic N) is 2. The van der Waals surface area contributed by atoms with E-state index in [2.05, 4.69) is 4.98 Å². The summed E-state index contributed by atoms with van der Waals surface area (Å²) in [6.07, 6.45) is 6.10. The van der Waals surface area contributed by atoms with Crippen LogP contribution in [-0.2, 0) is 4.79 Å². The summed E-state index contributed by atoms with van der Waals surface area (Å²) >= 11 is 0. The molecule has 7 heteroatoms. The minimum Gasteiger partial charge on any atom is -0.478 e. The lowest BCUT2D eigenvalue weighted by molar-refractivity contribution is -0.123. The number of halogens is 1. The number of anilines is 1. The van der Waals surface area contributed by atoms with Gasteiger partial charge in [-0.3, -0.25) is 4.79 Å². The van der Waals surface area contributed by atoms with Crippen molar-refractivity contribution in [1.82, 2.24) is 4.98 Å². The van der Waals surface area contributed by atoms with Gasteiger partial charge in [0.1, 0.15) is 0 Å². The normalized spacial score (nSPS) is 14.4. The molecule has 33 heavy (non-hydrogen) atoms. The maximum absolute atomic E-state index is 15.2. The van der Waals surface area contributed by atoms with Gasteiger partial charge in [0, 0.05) is 35.7 Å². The van der Waals surface area contributed by atoms with Crippen LogP contribution in [0.2, 0.25) is 0 Å². The van der Waals surface area contributed by atoms with Crippen LogP contribution >= 0.6 is 0 Å². The van der Waals surface area contributed by atoms with Gasteiger partial charge in [0.25, 0.3) is 0 Å². The van der Waals surface area contributed by atoms with Crippen LogP contribution < -0.4 is 9.64 Å². The van der Waals surface area contributed by atoms with E-state index in [9.17, 15) is 14.7 Å². The fourth-order valence-electron chi connectivity index (χ4n) is 4.47. The average Bonchev–Trinajstić information content (AvgIpc) is 2.81. The summed E-state index contributed by atoms with van der Waals surface area (Å²) in [5.74, 6) is -2.43. The summed E-state index contributed by atoms with van der Waals surface area (Å²) in [7, 11) is 0. The Labute approximate surface area is 192 Å². The number of fused-ring (bicyclic) bond motifs is 1. The summed E-state index contributed by atoms with van der Waals surface area (Å²) in [4.78, 5) is 31.1. The zero-order chi connectivity index (χ0) is 23.5. The van der Waals surface area contributed by atoms with E-state index in [1.165, 1.54) is 4.90 Å². The van der Waals surface area contributed by atoms with Crippen LogP contribution in [0.15, 0.2) is 48.7 Å². The van der Waals surface area contributed by atoms with E-state index in [1.54, 1.807) is 26.1 Å². The Balaban J connectivity index is 1.75. The zero-order valence-corrected chi connectivity index (χ0v) is 18.8. The first-order valence-corrected chi connectivity index (χ1v) is 11.3. The molecule has 1 aliphatic rings. The molecule has 0 radical (unpaired) electrons. The van der Waals surface area contributed by atoms with Gasteiger partial charge >= 0.3 is 5.97 Å². The lowest BCUT2D eigenvalue weighted by atomic mass is 9.87. The second kappa shape index (κ2) is 9.57. The van der Waals surface area contributed by atoms with Gasteiger partial charge in [-0.05, 0) is 44.2 Å². The molecule has 6 nitrogen and oxygen atoms in total. The number of rotatable bonds is 6. The van der Waals surface area contributed by atoms with Crippen LogP contribution in [0, 0.1) is 11.7 Å². The molecule has 2 aromatic carbocycles. The number of carbonyl (C=O) groups is 2. The van der Waals surface area contributed by atoms with Crippen molar-refractivity contribution >= 4 is 28.3 Å². The molecular weight excluding hydrogens is 423 g/mol. The molecule has 3 aromatic rings. The van der Waals surface area contributed by atoms with Gasteiger partial charge in [-0.2, -0.15) is 0 Å². The Hall–Kier alpha value is -3.48. The second-order valence-electron chi connectivity index (χ2n) is 8.68. The lowest BCUT2D eigenvalue weighted by Crippen LogP contribution is -2.42. The van der Waals surface area contributed by atoms with Crippen molar-refractivity contribution in [2.75, 3.05) is 4.90 Å². The summed E-state index contributed by atoms with van der Waals surface area (Å²) in [6.45, 7) is 3.60. The first-order chi connectivity index (χ1) is 15.9. The number of pyridine rings is 1. The van der Waals surface area contributed by atoms with Crippen molar-refractivity contribution in [2.45, 2.75) is 52.0 Å². The Bertz CT molecular complexity index is 1180. The number of aromatic nitrogens is 1. The quantitative estimate of drug-likeness (QED) is 0.485. The van der Waals surface area contributed by atoms with E-state index in [-0.39, 0.29) is 40.7 Å². The number of amides is 1. The zero-order valence-electron chi connectivity index (χ0n) is 18.8. The predicted molar refractivity (Wildman–Crippen MR) is 124 cm³/mol. The van der Waals surface area contributed by atoms with Gasteiger partial charge in [0.05, 0.1) is 11.3 Å². The molecule has 0 spiro atoms. The summed E-state index contributed by atoms with van der Waals surface area (Å²) < 4.78 is 21.0. The topological polar surface area (TPSA) is 79.7 Å². The average molecular weight is 451 g/mol. The Kier molecular flexibility index (Phi) is 6.58. The van der Waals surface area contributed by atoms with Crippen LogP contribution in [-0.4, -0.2) is 28.0 Å². The molecule has 4 rings (SSSR count). The lowest BCUT2D eigenvalue weighted by Gasteiger charge is -2.33. The molecule has 1 saturated carbocycles. The third kappa shape index (κ3) is 4.67. The number of hydrogen-bond donors (Lipinski definition) is 1. The fraction of sp³-hybridized carbons (Fsp3) is 0.346. The number of benzene rings is 2. The second-order valence-corrected chi connectivity index (χ2v) is 8.68. The molecule has 0 bridgehead atoms. The van der Waals surface area contributed by atoms with Gasteiger partial charge in [0.15, 0.2) is 11.6 Å². The Morgan fingerprint density at radius 1 is 1.12 bits per heavy atom. The van der Waals surface area contributed by atoms with Crippen LogP contribution in [0.1, 0.15) is 56.3 Å². The van der Waals surface area contributed by atoms with Crippen LogP contribution in [0.4, 0.5) is 10.1 Å². The number of carboxylic acid groups (broad SMARTS) is 1. The number of carbonyl (C=O) groups excluding carboxylic acids is 1. The van der Waals surface area contributed by atoms with E-state index < -0.39 is 11.8 Å². The largest absolute Gasteiger partial charge is 0.478 e. The third-order valence-corrected chi connectivity index (χ3v) is 6.09. The molecule has 0 saturated heterocycles. The first kappa shape index (κ1) is 22.7. The molecule has 0 aliphatic heterocycles. The maximum atomic E-state index is 15.2. The van der Waals surface area contributed by atoms with Gasteiger partial charge in [-0.15, -0.1) is 0 Å². The van der Waals surface area contributed by atoms with Gasteiger partial charge in [-0.25, -0.2) is 14.2 Å². The van der Waals surface area contributed by atoms with Gasteiger partial charge in [-0.1, -0.05) is 37.5 Å². The molecular formula is C26H27FN2O4. The van der Waals surface area contributed by atoms with Crippen LogP contribution in [0.3, 0.4) is 0 Å². The van der Waals surface area contributed by atoms with Crippen molar-refractivity contribution in [3.63, 3.8) is 0 Å². The summed E-state index contributed by atoms with van der Waals surface area (Å²) in [6, 6.07) is 11.1. The summed E-state index contributed by atoms with van der Waals surface area (Å²) in [5.41, 5.74) is -0.145. The van der Waals surface area contributed by atoms with E-state index in [0.29, 0.717) is 5.39 Å². The van der Waals surface area contributed by atoms with E-state index in [0.717, 1.165) is 49.6 Å². The van der Waals surface area contributed by atoms with Gasteiger partial charge in [0.2, 0.25) is 11.8 Å². The predicted octanol–water partition coefficient (Wildman–Crippen LogP) is 6.19. The number of hydrogen-bond acceptors (Lipinski definition) is 4. The highest BCUT2D eigenvalue weighted by molar-refractivity contribution is 6.03. The number of carboxylic acids is 1. The number of aromatic carboxylic acids is 1. The summed E-state index contributed by atoms with van der Waals surface area (Å²) in [5, 5.41) is 11.5. The SMILES string of the molecule is CC(C)N(C(=O)C1CCCCC1)c1cc(F)c(Oc2nccc3ccccc23)cc1C(=O)O. The fourth-order valence-corrected chi connectivity index (χ4v) is 4.47. The highest BCUT2D eigenvalue weighted by Gasteiger charge is 2.32. The van der Waals surface area contributed by atoms with Crippen molar-refractivity contribution in [3.8, 4) is 11.6 Å². The van der Waals surface area contributed by atoms with Crippen molar-refractivity contribution in [1.29, 1.82) is 0 Å². The van der Waals surface area contributed by atoms with Crippen LogP contribution in [0.25, 0.3) is 10.8 Å². The highest BCUT2D eigenvalue weighted by atomic mass is 19.1. The van der Waals surface area contributed by atoms with Gasteiger partial charge < -0.3 is 14.7 Å². The first-order valence-electron chi connectivity index (χ1n) is 11.3. The standard InChI is InChI=1S/C26H27FN2O4/c1-16(2)29(25(30)18-9-4-3-5-10-18)22-15-21(27)23(14-20(22)26(31)32)33-24-19-11-7-6-8-17(19)12-13-28-24/h6-8,11-16,18H,3-5,9-10H2,1-2H3,(H,31,32). The molecule has 172 valence electrons. The molecule has 0 unspecified atom stereocenters. The molecule has 0 atom stereocenters.